The summed E-state index contributed by atoms with van der Waals surface area (Å²) >= 11 is 0. The molecule has 0 radical (unpaired) electrons. The van der Waals surface area contributed by atoms with E-state index in [-0.39, 0.29) is 5.82 Å². The highest BCUT2D eigenvalue weighted by Gasteiger charge is 2.12. The number of benzene rings is 1. The molecule has 2 rings (SSSR count). The summed E-state index contributed by atoms with van der Waals surface area (Å²) in [7, 11) is 1.78. The summed E-state index contributed by atoms with van der Waals surface area (Å²) in [6.07, 6.45) is 3.36. The van der Waals surface area contributed by atoms with Crippen LogP contribution < -0.4 is 5.32 Å². The molecule has 0 spiro atoms. The van der Waals surface area contributed by atoms with Gasteiger partial charge in [0.2, 0.25) is 0 Å². The van der Waals surface area contributed by atoms with E-state index in [0.717, 1.165) is 5.56 Å². The number of hydrogen-bond acceptors (Lipinski definition) is 3. The number of aromatic nitrogens is 2. The second-order valence-corrected chi connectivity index (χ2v) is 3.66. The molecule has 0 saturated heterocycles. The summed E-state index contributed by atoms with van der Waals surface area (Å²) in [5, 5.41) is 16.0. The van der Waals surface area contributed by atoms with Crippen LogP contribution in [0.25, 0.3) is 0 Å². The number of nitrogens with one attached hydrogen (secondary N) is 1. The molecular weight excluding hydrogens is 219 g/mol. The molecule has 1 N–H and O–H groups in total. The van der Waals surface area contributed by atoms with Crippen LogP contribution in [0.5, 0.6) is 0 Å². The van der Waals surface area contributed by atoms with Crippen molar-refractivity contribution in [1.29, 1.82) is 5.26 Å². The van der Waals surface area contributed by atoms with E-state index in [1.807, 2.05) is 0 Å². The molecule has 0 aliphatic heterocycles. The number of aryl methyl sites for hydroxylation is 1. The van der Waals surface area contributed by atoms with Crippen molar-refractivity contribution in [3.8, 4) is 6.07 Å². The molecule has 1 aromatic heterocycles. The minimum Gasteiger partial charge on any atom is -0.366 e. The zero-order valence-electron chi connectivity index (χ0n) is 9.26. The molecule has 0 aliphatic rings. The maximum absolute atomic E-state index is 13.0. The van der Waals surface area contributed by atoms with E-state index in [1.54, 1.807) is 36.3 Å². The van der Waals surface area contributed by atoms with Crippen molar-refractivity contribution in [2.45, 2.75) is 6.04 Å². The third-order valence-corrected chi connectivity index (χ3v) is 2.32. The van der Waals surface area contributed by atoms with Gasteiger partial charge < -0.3 is 5.32 Å². The Labute approximate surface area is 98.3 Å². The highest BCUT2D eigenvalue weighted by atomic mass is 19.1. The topological polar surface area (TPSA) is 53.6 Å². The van der Waals surface area contributed by atoms with Crippen LogP contribution in [-0.4, -0.2) is 9.78 Å². The van der Waals surface area contributed by atoms with Crippen LogP contribution in [-0.2, 0) is 7.05 Å². The number of halogens is 1. The third-order valence-electron chi connectivity index (χ3n) is 2.32. The molecule has 5 heteroatoms. The van der Waals surface area contributed by atoms with Gasteiger partial charge >= 0.3 is 0 Å². The van der Waals surface area contributed by atoms with E-state index in [2.05, 4.69) is 16.5 Å². The Kier molecular flexibility index (Phi) is 3.06. The van der Waals surface area contributed by atoms with Crippen molar-refractivity contribution in [3.63, 3.8) is 0 Å². The fraction of sp³-hybridized carbons (Fsp3) is 0.167. The summed E-state index contributed by atoms with van der Waals surface area (Å²) in [5.41, 5.74) is 1.32. The molecule has 0 fully saturated rings. The summed E-state index contributed by atoms with van der Waals surface area (Å²) in [4.78, 5) is 0. The smallest absolute Gasteiger partial charge is 0.143 e. The van der Waals surface area contributed by atoms with Crippen molar-refractivity contribution >= 4 is 5.69 Å². The van der Waals surface area contributed by atoms with Crippen LogP contribution in [0.1, 0.15) is 11.6 Å². The fourth-order valence-corrected chi connectivity index (χ4v) is 1.52. The Bertz CT molecular complexity index is 556. The van der Waals surface area contributed by atoms with Gasteiger partial charge in [-0.2, -0.15) is 10.4 Å². The molecule has 1 unspecified atom stereocenters. The van der Waals surface area contributed by atoms with Crippen molar-refractivity contribution in [1.82, 2.24) is 9.78 Å². The first-order chi connectivity index (χ1) is 8.19. The summed E-state index contributed by atoms with van der Waals surface area (Å²) in [6, 6.07) is 7.59. The number of nitrogens with zero attached hydrogens (tertiary/aromatic N) is 3. The van der Waals surface area contributed by atoms with Crippen LogP contribution in [0, 0.1) is 17.1 Å². The van der Waals surface area contributed by atoms with Gasteiger partial charge in [0.15, 0.2) is 0 Å². The lowest BCUT2D eigenvalue weighted by molar-refractivity contribution is 0.628. The summed E-state index contributed by atoms with van der Waals surface area (Å²) in [5.74, 6) is -0.335. The van der Waals surface area contributed by atoms with Gasteiger partial charge in [-0.3, -0.25) is 4.68 Å². The van der Waals surface area contributed by atoms with Gasteiger partial charge in [-0.1, -0.05) is 6.07 Å². The van der Waals surface area contributed by atoms with E-state index in [4.69, 9.17) is 5.26 Å². The Morgan fingerprint density at radius 2 is 2.35 bits per heavy atom. The monoisotopic (exact) mass is 230 g/mol. The van der Waals surface area contributed by atoms with Gasteiger partial charge in [-0.25, -0.2) is 4.39 Å². The minimum absolute atomic E-state index is 0.335. The minimum atomic E-state index is -0.537. The SMILES string of the molecule is Cn1cc(C(C#N)Nc2cccc(F)c2)cn1. The number of hydrogen-bond donors (Lipinski definition) is 1. The zero-order chi connectivity index (χ0) is 12.3. The average molecular weight is 230 g/mol. The molecule has 86 valence electrons. The maximum atomic E-state index is 13.0. The molecule has 1 heterocycles. The first-order valence-electron chi connectivity index (χ1n) is 5.09. The van der Waals surface area contributed by atoms with Crippen LogP contribution in [0.3, 0.4) is 0 Å². The number of nitriles is 1. The van der Waals surface area contributed by atoms with Crippen molar-refractivity contribution < 1.29 is 4.39 Å². The highest BCUT2D eigenvalue weighted by Crippen LogP contribution is 2.18. The molecule has 1 atom stereocenters. The molecule has 17 heavy (non-hydrogen) atoms. The van der Waals surface area contributed by atoms with Crippen molar-refractivity contribution in [2.75, 3.05) is 5.32 Å². The second-order valence-electron chi connectivity index (χ2n) is 3.66. The molecule has 1 aromatic carbocycles. The average Bonchev–Trinajstić information content (AvgIpc) is 2.73. The van der Waals surface area contributed by atoms with Crippen LogP contribution in [0.4, 0.5) is 10.1 Å². The van der Waals surface area contributed by atoms with E-state index >= 15 is 0 Å². The molecule has 2 aromatic rings. The molecule has 0 amide bonds. The predicted octanol–water partition coefficient (Wildman–Crippen LogP) is 2.24. The van der Waals surface area contributed by atoms with Gasteiger partial charge in [0, 0.05) is 24.5 Å². The van der Waals surface area contributed by atoms with Crippen LogP contribution in [0.2, 0.25) is 0 Å². The van der Waals surface area contributed by atoms with Gasteiger partial charge in [-0.05, 0) is 18.2 Å². The quantitative estimate of drug-likeness (QED) is 0.879. The Balaban J connectivity index is 2.19. The molecule has 0 bridgehead atoms. The first kappa shape index (κ1) is 11.1. The number of anilines is 1. The van der Waals surface area contributed by atoms with E-state index in [0.29, 0.717) is 5.69 Å². The Hall–Kier alpha value is -2.35. The highest BCUT2D eigenvalue weighted by molar-refractivity contribution is 5.47. The molecule has 0 saturated carbocycles. The first-order valence-corrected chi connectivity index (χ1v) is 5.09. The van der Waals surface area contributed by atoms with Crippen molar-refractivity contribution in [2.24, 2.45) is 7.05 Å². The lowest BCUT2D eigenvalue weighted by Crippen LogP contribution is -2.07. The largest absolute Gasteiger partial charge is 0.366 e. The van der Waals surface area contributed by atoms with Gasteiger partial charge in [-0.15, -0.1) is 0 Å². The van der Waals surface area contributed by atoms with Gasteiger partial charge in [0.25, 0.3) is 0 Å². The van der Waals surface area contributed by atoms with E-state index in [1.165, 1.54) is 12.1 Å². The zero-order valence-corrected chi connectivity index (χ0v) is 9.26. The Morgan fingerprint density at radius 3 is 2.94 bits per heavy atom. The number of rotatable bonds is 3. The summed E-state index contributed by atoms with van der Waals surface area (Å²) in [6.45, 7) is 0. The van der Waals surface area contributed by atoms with Gasteiger partial charge in [0.1, 0.15) is 11.9 Å². The molecule has 4 nitrogen and oxygen atoms in total. The standard InChI is InChI=1S/C12H11FN4/c1-17-8-9(7-15-17)12(6-14)16-11-4-2-3-10(13)5-11/h2-5,7-8,12,16H,1H3. The molecular formula is C12H11FN4. The van der Waals surface area contributed by atoms with Crippen molar-refractivity contribution in [3.05, 3.63) is 48.0 Å². The predicted molar refractivity (Wildman–Crippen MR) is 61.6 cm³/mol. The van der Waals surface area contributed by atoms with E-state index in [9.17, 15) is 4.39 Å². The lowest BCUT2D eigenvalue weighted by Gasteiger charge is -2.10. The lowest BCUT2D eigenvalue weighted by atomic mass is 10.1. The Morgan fingerprint density at radius 1 is 1.53 bits per heavy atom. The van der Waals surface area contributed by atoms with Crippen LogP contribution in [0.15, 0.2) is 36.7 Å². The summed E-state index contributed by atoms with van der Waals surface area (Å²) < 4.78 is 14.6. The fourth-order valence-electron chi connectivity index (χ4n) is 1.52. The van der Waals surface area contributed by atoms with Gasteiger partial charge in [0.05, 0.1) is 12.3 Å². The van der Waals surface area contributed by atoms with E-state index < -0.39 is 6.04 Å². The third kappa shape index (κ3) is 2.61. The normalized spacial score (nSPS) is 11.8. The molecule has 0 aliphatic carbocycles. The van der Waals surface area contributed by atoms with Crippen LogP contribution >= 0.6 is 0 Å². The second kappa shape index (κ2) is 4.66. The maximum Gasteiger partial charge on any atom is 0.143 e.